The fraction of sp³-hybridized carbons (Fsp3) is 0.500. The summed E-state index contributed by atoms with van der Waals surface area (Å²) in [6.45, 7) is 3.28. The van der Waals surface area contributed by atoms with E-state index in [1.165, 1.54) is 28.5 Å². The van der Waals surface area contributed by atoms with Crippen LogP contribution >= 0.6 is 23.5 Å². The highest BCUT2D eigenvalue weighted by molar-refractivity contribution is 7.99. The van der Waals surface area contributed by atoms with E-state index in [1.807, 2.05) is 11.8 Å². The Hall–Kier alpha value is -0.280. The average molecular weight is 241 g/mol. The van der Waals surface area contributed by atoms with Crippen LogP contribution in [0.3, 0.4) is 0 Å². The van der Waals surface area contributed by atoms with Gasteiger partial charge in [-0.3, -0.25) is 0 Å². The van der Waals surface area contributed by atoms with Crippen molar-refractivity contribution in [1.82, 2.24) is 0 Å². The minimum atomic E-state index is 1.07. The topological polar surface area (TPSA) is 12.0 Å². The molecule has 0 aliphatic heterocycles. The minimum Gasteiger partial charge on any atom is -0.385 e. The van der Waals surface area contributed by atoms with E-state index in [4.69, 9.17) is 0 Å². The summed E-state index contributed by atoms with van der Waals surface area (Å²) in [4.78, 5) is 1.32. The van der Waals surface area contributed by atoms with E-state index in [1.54, 1.807) is 11.8 Å². The molecule has 0 aliphatic carbocycles. The Morgan fingerprint density at radius 1 is 1.33 bits per heavy atom. The van der Waals surface area contributed by atoms with Crippen molar-refractivity contribution in [1.29, 1.82) is 0 Å². The molecule has 3 heteroatoms. The molecule has 0 saturated heterocycles. The Balaban J connectivity index is 2.24. The molecule has 1 rings (SSSR count). The molecule has 1 aromatic carbocycles. The van der Waals surface area contributed by atoms with Crippen LogP contribution in [0.2, 0.25) is 0 Å². The highest BCUT2D eigenvalue weighted by atomic mass is 32.2. The maximum atomic E-state index is 3.45. The van der Waals surface area contributed by atoms with E-state index in [2.05, 4.69) is 42.8 Å². The largest absolute Gasteiger partial charge is 0.385 e. The third-order valence-corrected chi connectivity index (χ3v) is 3.78. The third kappa shape index (κ3) is 5.38. The van der Waals surface area contributed by atoms with Gasteiger partial charge in [-0.15, -0.1) is 11.8 Å². The number of rotatable bonds is 7. The normalized spacial score (nSPS) is 10.3. The lowest BCUT2D eigenvalue weighted by molar-refractivity contribution is 0.991. The van der Waals surface area contributed by atoms with E-state index in [9.17, 15) is 0 Å². The highest BCUT2D eigenvalue weighted by Crippen LogP contribution is 2.18. The lowest BCUT2D eigenvalue weighted by atomic mass is 10.3. The number of hydrogen-bond donors (Lipinski definition) is 1. The maximum absolute atomic E-state index is 3.45. The molecule has 0 amide bonds. The molecule has 0 heterocycles. The number of nitrogens with one attached hydrogen (secondary N) is 1. The fourth-order valence-corrected chi connectivity index (χ4v) is 2.38. The molecule has 0 radical (unpaired) electrons. The standard InChI is InChI=1S/C12H19NS2/c1-3-15-9-5-8-13-11-6-4-7-12(10-11)14-2/h4,6-7,10,13H,3,5,8-9H2,1-2H3. The second-order valence-corrected chi connectivity index (χ2v) is 5.48. The van der Waals surface area contributed by atoms with Crippen LogP contribution in [0.4, 0.5) is 5.69 Å². The first-order valence-corrected chi connectivity index (χ1v) is 7.70. The Kier molecular flexibility index (Phi) is 6.77. The lowest BCUT2D eigenvalue weighted by Crippen LogP contribution is -2.02. The molecule has 0 aliphatic rings. The van der Waals surface area contributed by atoms with Crippen molar-refractivity contribution in [2.24, 2.45) is 0 Å². The minimum absolute atomic E-state index is 1.07. The van der Waals surface area contributed by atoms with E-state index in [-0.39, 0.29) is 0 Å². The van der Waals surface area contributed by atoms with Gasteiger partial charge < -0.3 is 5.32 Å². The summed E-state index contributed by atoms with van der Waals surface area (Å²) in [5.74, 6) is 2.48. The zero-order valence-electron chi connectivity index (χ0n) is 9.45. The van der Waals surface area contributed by atoms with Crippen LogP contribution in [0.1, 0.15) is 13.3 Å². The third-order valence-electron chi connectivity index (χ3n) is 2.07. The molecule has 0 aromatic heterocycles. The number of anilines is 1. The Morgan fingerprint density at radius 3 is 2.93 bits per heavy atom. The van der Waals surface area contributed by atoms with E-state index in [0.717, 1.165) is 6.54 Å². The van der Waals surface area contributed by atoms with Gasteiger partial charge in [-0.1, -0.05) is 13.0 Å². The van der Waals surface area contributed by atoms with Gasteiger partial charge in [-0.05, 0) is 42.4 Å². The van der Waals surface area contributed by atoms with Gasteiger partial charge in [0.05, 0.1) is 0 Å². The van der Waals surface area contributed by atoms with E-state index < -0.39 is 0 Å². The quantitative estimate of drug-likeness (QED) is 0.573. The maximum Gasteiger partial charge on any atom is 0.0351 e. The molecular weight excluding hydrogens is 222 g/mol. The summed E-state index contributed by atoms with van der Waals surface area (Å²) in [6.07, 6.45) is 3.35. The highest BCUT2D eigenvalue weighted by Gasteiger charge is 1.94. The predicted octanol–water partition coefficient (Wildman–Crippen LogP) is 3.96. The van der Waals surface area contributed by atoms with Gasteiger partial charge in [0.1, 0.15) is 0 Å². The summed E-state index contributed by atoms with van der Waals surface area (Å²) >= 11 is 3.79. The summed E-state index contributed by atoms with van der Waals surface area (Å²) in [7, 11) is 0. The monoisotopic (exact) mass is 241 g/mol. The van der Waals surface area contributed by atoms with Crippen molar-refractivity contribution < 1.29 is 0 Å². The summed E-state index contributed by atoms with van der Waals surface area (Å²) < 4.78 is 0. The molecule has 1 nitrogen and oxygen atoms in total. The van der Waals surface area contributed by atoms with Crippen LogP contribution in [0.5, 0.6) is 0 Å². The van der Waals surface area contributed by atoms with Gasteiger partial charge in [0.2, 0.25) is 0 Å². The Labute approximate surface area is 101 Å². The van der Waals surface area contributed by atoms with Crippen LogP contribution < -0.4 is 5.32 Å². The van der Waals surface area contributed by atoms with Crippen molar-refractivity contribution in [2.75, 3.05) is 29.6 Å². The van der Waals surface area contributed by atoms with Crippen molar-refractivity contribution >= 4 is 29.2 Å². The first-order valence-electron chi connectivity index (χ1n) is 5.32. The molecule has 1 N–H and O–H groups in total. The van der Waals surface area contributed by atoms with E-state index in [0.29, 0.717) is 0 Å². The van der Waals surface area contributed by atoms with Crippen LogP contribution in [0.15, 0.2) is 29.2 Å². The van der Waals surface area contributed by atoms with Crippen molar-refractivity contribution in [3.63, 3.8) is 0 Å². The van der Waals surface area contributed by atoms with Gasteiger partial charge in [-0.2, -0.15) is 11.8 Å². The lowest BCUT2D eigenvalue weighted by Gasteiger charge is -2.07. The molecule has 1 aromatic rings. The second-order valence-electron chi connectivity index (χ2n) is 3.21. The van der Waals surface area contributed by atoms with Crippen LogP contribution in [-0.2, 0) is 0 Å². The zero-order chi connectivity index (χ0) is 10.9. The molecule has 0 atom stereocenters. The number of hydrogen-bond acceptors (Lipinski definition) is 3. The SMILES string of the molecule is CCSCCCNc1cccc(SC)c1. The van der Waals surface area contributed by atoms with Crippen LogP contribution in [0.25, 0.3) is 0 Å². The van der Waals surface area contributed by atoms with Gasteiger partial charge in [-0.25, -0.2) is 0 Å². The fourth-order valence-electron chi connectivity index (χ4n) is 1.28. The zero-order valence-corrected chi connectivity index (χ0v) is 11.1. The predicted molar refractivity (Wildman–Crippen MR) is 74.3 cm³/mol. The number of benzene rings is 1. The molecule has 0 spiro atoms. The molecule has 0 unspecified atom stereocenters. The van der Waals surface area contributed by atoms with Gasteiger partial charge >= 0.3 is 0 Å². The molecule has 0 bridgehead atoms. The number of thioether (sulfide) groups is 2. The first-order chi connectivity index (χ1) is 7.36. The molecular formula is C12H19NS2. The van der Waals surface area contributed by atoms with E-state index >= 15 is 0 Å². The molecule has 15 heavy (non-hydrogen) atoms. The van der Waals surface area contributed by atoms with Crippen LogP contribution in [0, 0.1) is 0 Å². The smallest absolute Gasteiger partial charge is 0.0351 e. The molecule has 0 fully saturated rings. The molecule has 0 saturated carbocycles. The summed E-state index contributed by atoms with van der Waals surface area (Å²) in [5.41, 5.74) is 1.24. The second kappa shape index (κ2) is 7.94. The van der Waals surface area contributed by atoms with Gasteiger partial charge in [0.25, 0.3) is 0 Å². The van der Waals surface area contributed by atoms with Crippen molar-refractivity contribution in [3.05, 3.63) is 24.3 Å². The Morgan fingerprint density at radius 2 is 2.20 bits per heavy atom. The Bertz CT molecular complexity index is 276. The van der Waals surface area contributed by atoms with Gasteiger partial charge in [0.15, 0.2) is 0 Å². The van der Waals surface area contributed by atoms with Gasteiger partial charge in [0, 0.05) is 17.1 Å². The van der Waals surface area contributed by atoms with Crippen molar-refractivity contribution in [2.45, 2.75) is 18.2 Å². The molecule has 84 valence electrons. The van der Waals surface area contributed by atoms with Crippen molar-refractivity contribution in [3.8, 4) is 0 Å². The summed E-state index contributed by atoms with van der Waals surface area (Å²) in [6, 6.07) is 8.59. The van der Waals surface area contributed by atoms with Crippen LogP contribution in [-0.4, -0.2) is 24.3 Å². The first kappa shape index (κ1) is 12.8. The summed E-state index contributed by atoms with van der Waals surface area (Å²) in [5, 5.41) is 3.45. The average Bonchev–Trinajstić information content (AvgIpc) is 2.29.